The van der Waals surface area contributed by atoms with E-state index < -0.39 is 0 Å². The molecule has 0 saturated carbocycles. The minimum atomic E-state index is 0.588. The molecule has 1 saturated heterocycles. The number of piperazine rings is 1. The zero-order valence-corrected chi connectivity index (χ0v) is 13.8. The molecule has 0 aliphatic carbocycles. The predicted octanol–water partition coefficient (Wildman–Crippen LogP) is 1.16. The van der Waals surface area contributed by atoms with Crippen molar-refractivity contribution >= 4 is 17.3 Å². The monoisotopic (exact) mass is 325 g/mol. The number of fused-ring (bicyclic) bond motifs is 1. The Morgan fingerprint density at radius 1 is 1.04 bits per heavy atom. The molecular weight excluding hydrogens is 306 g/mol. The van der Waals surface area contributed by atoms with Gasteiger partial charge in [-0.3, -0.25) is 0 Å². The summed E-state index contributed by atoms with van der Waals surface area (Å²) in [6.45, 7) is 5.56. The summed E-state index contributed by atoms with van der Waals surface area (Å²) in [4.78, 5) is 17.5. The number of aryl methyl sites for hydroxylation is 1. The molecule has 1 aliphatic rings. The average Bonchev–Trinajstić information content (AvgIpc) is 3.09. The summed E-state index contributed by atoms with van der Waals surface area (Å²) in [6.07, 6.45) is 3.33. The maximum Gasteiger partial charge on any atom is 0.218 e. The number of anilines is 2. The van der Waals surface area contributed by atoms with E-state index in [2.05, 4.69) is 35.9 Å². The van der Waals surface area contributed by atoms with E-state index in [1.807, 2.05) is 23.6 Å². The lowest BCUT2D eigenvalue weighted by atomic mass is 10.3. The van der Waals surface area contributed by atoms with Gasteiger partial charge in [0.15, 0.2) is 5.65 Å². The van der Waals surface area contributed by atoms with Crippen molar-refractivity contribution < 1.29 is 4.74 Å². The number of aromatic nitrogens is 5. The van der Waals surface area contributed by atoms with E-state index in [9.17, 15) is 0 Å². The Morgan fingerprint density at radius 2 is 1.83 bits per heavy atom. The van der Waals surface area contributed by atoms with Crippen LogP contribution in [0.1, 0.15) is 5.69 Å². The summed E-state index contributed by atoms with van der Waals surface area (Å²) in [5, 5.41) is 4.40. The van der Waals surface area contributed by atoms with Gasteiger partial charge in [0.1, 0.15) is 18.0 Å². The van der Waals surface area contributed by atoms with Crippen LogP contribution in [0.2, 0.25) is 0 Å². The molecule has 3 aromatic heterocycles. The first kappa shape index (κ1) is 14.7. The fraction of sp³-hybridized carbons (Fsp3) is 0.375. The predicted molar refractivity (Wildman–Crippen MR) is 90.7 cm³/mol. The van der Waals surface area contributed by atoms with E-state index in [0.717, 1.165) is 49.2 Å². The van der Waals surface area contributed by atoms with Gasteiger partial charge >= 0.3 is 0 Å². The van der Waals surface area contributed by atoms with Crippen LogP contribution in [0, 0.1) is 6.92 Å². The Hall–Kier alpha value is -2.90. The van der Waals surface area contributed by atoms with Crippen LogP contribution in [0.4, 0.5) is 11.6 Å². The third-order valence-electron chi connectivity index (χ3n) is 4.23. The Bertz CT molecular complexity index is 855. The lowest BCUT2D eigenvalue weighted by Crippen LogP contribution is -2.47. The number of methoxy groups -OCH3 is 1. The number of hydrogen-bond donors (Lipinski definition) is 0. The molecule has 4 heterocycles. The molecule has 8 nitrogen and oxygen atoms in total. The summed E-state index contributed by atoms with van der Waals surface area (Å²) in [6, 6.07) is 5.89. The highest BCUT2D eigenvalue weighted by atomic mass is 16.5. The van der Waals surface area contributed by atoms with Crippen molar-refractivity contribution in [3.8, 4) is 5.88 Å². The Labute approximate surface area is 139 Å². The molecule has 8 heteroatoms. The molecule has 4 rings (SSSR count). The summed E-state index contributed by atoms with van der Waals surface area (Å²) in [5.41, 5.74) is 1.88. The normalized spacial score (nSPS) is 15.1. The first-order chi connectivity index (χ1) is 11.7. The van der Waals surface area contributed by atoms with Crippen LogP contribution < -0.4 is 14.5 Å². The first-order valence-electron chi connectivity index (χ1n) is 7.92. The second-order valence-corrected chi connectivity index (χ2v) is 5.75. The van der Waals surface area contributed by atoms with Gasteiger partial charge in [0.05, 0.1) is 13.3 Å². The van der Waals surface area contributed by atoms with Crippen molar-refractivity contribution in [2.24, 2.45) is 0 Å². The van der Waals surface area contributed by atoms with E-state index in [4.69, 9.17) is 4.74 Å². The molecule has 0 N–H and O–H groups in total. The van der Waals surface area contributed by atoms with Crippen molar-refractivity contribution in [2.75, 3.05) is 43.1 Å². The van der Waals surface area contributed by atoms with Crippen LogP contribution in [0.15, 0.2) is 30.7 Å². The molecule has 0 amide bonds. The standard InChI is InChI=1S/C16H19N7O/c1-12-9-16(23-13(20-12)3-4-19-23)22-7-5-21(6-8-22)14-10-15(24-2)18-11-17-14/h3-4,9-11H,5-8H2,1-2H3. The zero-order chi connectivity index (χ0) is 16.5. The van der Waals surface area contributed by atoms with Gasteiger partial charge in [0, 0.05) is 50.1 Å². The second kappa shape index (κ2) is 5.95. The quantitative estimate of drug-likeness (QED) is 0.715. The Kier molecular flexibility index (Phi) is 3.64. The Morgan fingerprint density at radius 3 is 2.62 bits per heavy atom. The molecule has 0 spiro atoms. The van der Waals surface area contributed by atoms with Crippen molar-refractivity contribution in [2.45, 2.75) is 6.92 Å². The summed E-state index contributed by atoms with van der Waals surface area (Å²) in [7, 11) is 1.62. The SMILES string of the molecule is COc1cc(N2CCN(c3cc(C)nc4ccnn34)CC2)ncn1. The van der Waals surface area contributed by atoms with Gasteiger partial charge in [-0.2, -0.15) is 9.61 Å². The summed E-state index contributed by atoms with van der Waals surface area (Å²) < 4.78 is 7.08. The van der Waals surface area contributed by atoms with Gasteiger partial charge < -0.3 is 14.5 Å². The van der Waals surface area contributed by atoms with E-state index >= 15 is 0 Å². The van der Waals surface area contributed by atoms with Crippen LogP contribution in [0.25, 0.3) is 5.65 Å². The molecular formula is C16H19N7O. The molecule has 3 aromatic rings. The topological polar surface area (TPSA) is 71.7 Å². The maximum absolute atomic E-state index is 5.18. The molecule has 24 heavy (non-hydrogen) atoms. The van der Waals surface area contributed by atoms with E-state index in [1.54, 1.807) is 19.6 Å². The van der Waals surface area contributed by atoms with Crippen molar-refractivity contribution in [3.05, 3.63) is 36.4 Å². The van der Waals surface area contributed by atoms with Gasteiger partial charge in [0.2, 0.25) is 5.88 Å². The first-order valence-corrected chi connectivity index (χ1v) is 7.92. The fourth-order valence-electron chi connectivity index (χ4n) is 3.02. The third-order valence-corrected chi connectivity index (χ3v) is 4.23. The van der Waals surface area contributed by atoms with Crippen LogP contribution in [0.5, 0.6) is 5.88 Å². The fourth-order valence-corrected chi connectivity index (χ4v) is 3.02. The van der Waals surface area contributed by atoms with Gasteiger partial charge in [-0.05, 0) is 6.92 Å². The number of rotatable bonds is 3. The average molecular weight is 325 g/mol. The molecule has 0 aromatic carbocycles. The Balaban J connectivity index is 1.54. The molecule has 124 valence electrons. The summed E-state index contributed by atoms with van der Waals surface area (Å²) in [5.74, 6) is 2.57. The minimum Gasteiger partial charge on any atom is -0.481 e. The smallest absolute Gasteiger partial charge is 0.218 e. The molecule has 0 unspecified atom stereocenters. The minimum absolute atomic E-state index is 0.588. The maximum atomic E-state index is 5.18. The molecule has 1 fully saturated rings. The van der Waals surface area contributed by atoms with Crippen LogP contribution in [0.3, 0.4) is 0 Å². The second-order valence-electron chi connectivity index (χ2n) is 5.75. The highest BCUT2D eigenvalue weighted by Crippen LogP contribution is 2.21. The lowest BCUT2D eigenvalue weighted by Gasteiger charge is -2.36. The van der Waals surface area contributed by atoms with Crippen molar-refractivity contribution in [1.82, 2.24) is 24.6 Å². The molecule has 1 aliphatic heterocycles. The molecule has 0 bridgehead atoms. The van der Waals surface area contributed by atoms with Gasteiger partial charge in [-0.15, -0.1) is 0 Å². The molecule has 0 atom stereocenters. The van der Waals surface area contributed by atoms with Crippen molar-refractivity contribution in [1.29, 1.82) is 0 Å². The lowest BCUT2D eigenvalue weighted by molar-refractivity contribution is 0.396. The number of hydrogen-bond acceptors (Lipinski definition) is 7. The number of nitrogens with zero attached hydrogens (tertiary/aromatic N) is 7. The van der Waals surface area contributed by atoms with Crippen molar-refractivity contribution in [3.63, 3.8) is 0 Å². The van der Waals surface area contributed by atoms with Gasteiger partial charge in [0.25, 0.3) is 0 Å². The highest BCUT2D eigenvalue weighted by Gasteiger charge is 2.21. The summed E-state index contributed by atoms with van der Waals surface area (Å²) >= 11 is 0. The third kappa shape index (κ3) is 2.60. The van der Waals surface area contributed by atoms with Gasteiger partial charge in [-0.1, -0.05) is 0 Å². The van der Waals surface area contributed by atoms with E-state index in [0.29, 0.717) is 5.88 Å². The van der Waals surface area contributed by atoms with Crippen LogP contribution in [-0.4, -0.2) is 57.9 Å². The van der Waals surface area contributed by atoms with Crippen LogP contribution >= 0.6 is 0 Å². The number of ether oxygens (including phenoxy) is 1. The van der Waals surface area contributed by atoms with Crippen LogP contribution in [-0.2, 0) is 0 Å². The van der Waals surface area contributed by atoms with Gasteiger partial charge in [-0.25, -0.2) is 15.0 Å². The molecule has 0 radical (unpaired) electrons. The largest absolute Gasteiger partial charge is 0.481 e. The zero-order valence-electron chi connectivity index (χ0n) is 13.8. The highest BCUT2D eigenvalue weighted by molar-refractivity contribution is 5.52. The van der Waals surface area contributed by atoms with E-state index in [1.165, 1.54) is 0 Å². The van der Waals surface area contributed by atoms with E-state index in [-0.39, 0.29) is 0 Å².